The molecule has 0 bridgehead atoms. The van der Waals surface area contributed by atoms with Gasteiger partial charge in [-0.15, -0.1) is 0 Å². The van der Waals surface area contributed by atoms with Crippen LogP contribution in [0, 0.1) is 0 Å². The monoisotopic (exact) mass is 304 g/mol. The number of ether oxygens (including phenoxy) is 2. The Labute approximate surface area is 128 Å². The minimum atomic E-state index is -1.47. The van der Waals surface area contributed by atoms with Gasteiger partial charge in [-0.3, -0.25) is 0 Å². The second kappa shape index (κ2) is 6.56. The first-order valence-corrected chi connectivity index (χ1v) is 6.77. The van der Waals surface area contributed by atoms with E-state index < -0.39 is 24.0 Å². The number of methoxy groups -OCH3 is 2. The van der Waals surface area contributed by atoms with E-state index in [0.29, 0.717) is 5.56 Å². The minimum Gasteiger partial charge on any atom is -0.466 e. The first-order valence-electron chi connectivity index (χ1n) is 6.77. The molecule has 116 valence electrons. The van der Waals surface area contributed by atoms with Gasteiger partial charge in [0.15, 0.2) is 0 Å². The van der Waals surface area contributed by atoms with Gasteiger partial charge < -0.3 is 9.47 Å². The Morgan fingerprint density at radius 3 is 2.27 bits per heavy atom. The van der Waals surface area contributed by atoms with Crippen molar-refractivity contribution in [3.05, 3.63) is 59.2 Å². The third-order valence-electron chi connectivity index (χ3n) is 3.72. The van der Waals surface area contributed by atoms with Gasteiger partial charge >= 0.3 is 11.9 Å². The molecule has 1 aromatic carbocycles. The molecule has 5 heteroatoms. The van der Waals surface area contributed by atoms with Crippen LogP contribution in [0.3, 0.4) is 0 Å². The lowest BCUT2D eigenvalue weighted by Gasteiger charge is -2.31. The molecule has 2 atom stereocenters. The van der Waals surface area contributed by atoms with Crippen LogP contribution in [0.2, 0.25) is 0 Å². The Bertz CT molecular complexity index is 633. The molecular weight excluding hydrogens is 287 g/mol. The van der Waals surface area contributed by atoms with E-state index in [0.717, 1.165) is 0 Å². The molecule has 0 saturated heterocycles. The number of benzene rings is 1. The summed E-state index contributed by atoms with van der Waals surface area (Å²) in [6.45, 7) is 3.69. The first-order chi connectivity index (χ1) is 10.5. The van der Waals surface area contributed by atoms with E-state index in [4.69, 9.17) is 9.47 Å². The van der Waals surface area contributed by atoms with Gasteiger partial charge in [0.05, 0.1) is 31.3 Å². The first kappa shape index (κ1) is 15.9. The van der Waals surface area contributed by atoms with Gasteiger partial charge in [-0.25, -0.2) is 14.0 Å². The number of rotatable bonds is 3. The predicted molar refractivity (Wildman–Crippen MR) is 78.9 cm³/mol. The molecule has 1 aliphatic rings. The summed E-state index contributed by atoms with van der Waals surface area (Å²) in [4.78, 5) is 24.1. The van der Waals surface area contributed by atoms with Crippen LogP contribution in [0.1, 0.15) is 17.9 Å². The summed E-state index contributed by atoms with van der Waals surface area (Å²) < 4.78 is 24.2. The van der Waals surface area contributed by atoms with Crippen LogP contribution in [0.5, 0.6) is 0 Å². The average Bonchev–Trinajstić information content (AvgIpc) is 2.56. The molecule has 1 aromatic rings. The molecule has 0 heterocycles. The molecule has 0 unspecified atom stereocenters. The Morgan fingerprint density at radius 1 is 1.14 bits per heavy atom. The van der Waals surface area contributed by atoms with Crippen LogP contribution in [-0.4, -0.2) is 32.3 Å². The average molecular weight is 304 g/mol. The van der Waals surface area contributed by atoms with Crippen molar-refractivity contribution in [1.82, 2.24) is 0 Å². The number of hydrogen-bond donors (Lipinski definition) is 0. The lowest BCUT2D eigenvalue weighted by atomic mass is 9.75. The molecule has 0 fully saturated rings. The number of carbonyl (C=O) groups is 2. The summed E-state index contributed by atoms with van der Waals surface area (Å²) in [7, 11) is 2.41. The zero-order chi connectivity index (χ0) is 16.3. The summed E-state index contributed by atoms with van der Waals surface area (Å²) in [5.41, 5.74) is 0.919. The highest BCUT2D eigenvalue weighted by Crippen LogP contribution is 2.42. The highest BCUT2D eigenvalue weighted by atomic mass is 19.1. The molecule has 2 rings (SSSR count). The Morgan fingerprint density at radius 2 is 1.73 bits per heavy atom. The van der Waals surface area contributed by atoms with Crippen molar-refractivity contribution in [2.24, 2.45) is 0 Å². The molecule has 0 aromatic heterocycles. The van der Waals surface area contributed by atoms with Crippen LogP contribution in [0.4, 0.5) is 4.39 Å². The van der Waals surface area contributed by atoms with E-state index in [9.17, 15) is 14.0 Å². The summed E-state index contributed by atoms with van der Waals surface area (Å²) in [5, 5.41) is 0. The van der Waals surface area contributed by atoms with Crippen LogP contribution >= 0.6 is 0 Å². The highest BCUT2D eigenvalue weighted by molar-refractivity contribution is 6.02. The van der Waals surface area contributed by atoms with Crippen molar-refractivity contribution in [3.8, 4) is 0 Å². The number of allylic oxidation sites excluding steroid dienone is 1. The van der Waals surface area contributed by atoms with Gasteiger partial charge in [0.2, 0.25) is 0 Å². The van der Waals surface area contributed by atoms with Gasteiger partial charge in [-0.05, 0) is 11.1 Å². The largest absolute Gasteiger partial charge is 0.466 e. The van der Waals surface area contributed by atoms with Gasteiger partial charge in [0.1, 0.15) is 6.17 Å². The molecular formula is C17H17FO4. The summed E-state index contributed by atoms with van der Waals surface area (Å²) in [6, 6.07) is 8.68. The minimum absolute atomic E-state index is 0.000417. The molecule has 4 nitrogen and oxygen atoms in total. The summed E-state index contributed by atoms with van der Waals surface area (Å²) >= 11 is 0. The van der Waals surface area contributed by atoms with E-state index in [1.807, 2.05) is 0 Å². The van der Waals surface area contributed by atoms with Crippen LogP contribution in [-0.2, 0) is 19.1 Å². The zero-order valence-electron chi connectivity index (χ0n) is 12.5. The van der Waals surface area contributed by atoms with Crippen molar-refractivity contribution >= 4 is 11.9 Å². The summed E-state index contributed by atoms with van der Waals surface area (Å²) in [6.07, 6.45) is -1.51. The van der Waals surface area contributed by atoms with Crippen molar-refractivity contribution in [3.63, 3.8) is 0 Å². The molecule has 0 amide bonds. The normalized spacial score (nSPS) is 21.5. The molecule has 0 aliphatic heterocycles. The molecule has 22 heavy (non-hydrogen) atoms. The second-order valence-corrected chi connectivity index (χ2v) is 5.00. The van der Waals surface area contributed by atoms with Crippen molar-refractivity contribution in [2.75, 3.05) is 14.2 Å². The van der Waals surface area contributed by atoms with Crippen LogP contribution < -0.4 is 0 Å². The fourth-order valence-corrected chi connectivity index (χ4v) is 2.65. The number of alkyl halides is 1. The van der Waals surface area contributed by atoms with E-state index in [-0.39, 0.29) is 23.1 Å². The molecule has 0 saturated carbocycles. The third kappa shape index (κ3) is 2.79. The molecule has 0 N–H and O–H groups in total. The van der Waals surface area contributed by atoms with Crippen molar-refractivity contribution < 1.29 is 23.5 Å². The smallest absolute Gasteiger partial charge is 0.335 e. The maximum atomic E-state index is 14.7. The Hall–Kier alpha value is -2.43. The molecule has 1 aliphatic carbocycles. The van der Waals surface area contributed by atoms with Gasteiger partial charge in [0.25, 0.3) is 0 Å². The summed E-state index contributed by atoms with van der Waals surface area (Å²) in [5.74, 6) is -2.33. The number of carbonyl (C=O) groups excluding carboxylic acids is 2. The van der Waals surface area contributed by atoms with E-state index in [1.54, 1.807) is 30.3 Å². The molecule has 0 spiro atoms. The predicted octanol–water partition coefficient (Wildman–Crippen LogP) is 2.71. The van der Waals surface area contributed by atoms with Crippen LogP contribution in [0.25, 0.3) is 0 Å². The standard InChI is InChI=1S/C17H17FO4/c1-10-9-12(16(19)21-2)14(17(20)22-3)13(15(10)18)11-7-5-4-6-8-11/h4-8,13,15H,1,9H2,2-3H3/t13-,15-/m1/s1. The topological polar surface area (TPSA) is 52.6 Å². The Kier molecular flexibility index (Phi) is 4.75. The Balaban J connectivity index is 2.66. The molecule has 0 radical (unpaired) electrons. The van der Waals surface area contributed by atoms with Crippen molar-refractivity contribution in [2.45, 2.75) is 18.5 Å². The third-order valence-corrected chi connectivity index (χ3v) is 3.72. The maximum absolute atomic E-state index is 14.7. The SMILES string of the molecule is C=C1CC(C(=O)OC)=C(C(=O)OC)[C@@H](c2ccccc2)[C@@H]1F. The number of hydrogen-bond acceptors (Lipinski definition) is 4. The van der Waals surface area contributed by atoms with Crippen molar-refractivity contribution in [1.29, 1.82) is 0 Å². The van der Waals surface area contributed by atoms with Gasteiger partial charge in [-0.2, -0.15) is 0 Å². The fraction of sp³-hybridized carbons (Fsp3) is 0.294. The lowest BCUT2D eigenvalue weighted by molar-refractivity contribution is -0.140. The van der Waals surface area contributed by atoms with Gasteiger partial charge in [0, 0.05) is 6.42 Å². The van der Waals surface area contributed by atoms with Gasteiger partial charge in [-0.1, -0.05) is 36.9 Å². The fourth-order valence-electron chi connectivity index (χ4n) is 2.65. The van der Waals surface area contributed by atoms with E-state index >= 15 is 0 Å². The quantitative estimate of drug-likeness (QED) is 0.636. The maximum Gasteiger partial charge on any atom is 0.335 e. The van der Waals surface area contributed by atoms with Crippen LogP contribution in [0.15, 0.2) is 53.6 Å². The number of esters is 2. The lowest BCUT2D eigenvalue weighted by Crippen LogP contribution is -2.31. The second-order valence-electron chi connectivity index (χ2n) is 5.00. The van der Waals surface area contributed by atoms with E-state index in [1.165, 1.54) is 14.2 Å². The highest BCUT2D eigenvalue weighted by Gasteiger charge is 2.41. The number of halogens is 1. The van der Waals surface area contributed by atoms with E-state index in [2.05, 4.69) is 6.58 Å². The zero-order valence-corrected chi connectivity index (χ0v) is 12.5.